The molecule has 0 saturated heterocycles. The van der Waals surface area contributed by atoms with Crippen molar-refractivity contribution < 1.29 is 9.50 Å². The zero-order chi connectivity index (χ0) is 14.2. The van der Waals surface area contributed by atoms with Gasteiger partial charge in [0.1, 0.15) is 5.82 Å². The molecule has 0 fully saturated rings. The van der Waals surface area contributed by atoms with Crippen LogP contribution >= 0.6 is 15.9 Å². The van der Waals surface area contributed by atoms with Crippen molar-refractivity contribution in [1.29, 1.82) is 0 Å². The second kappa shape index (κ2) is 5.30. The van der Waals surface area contributed by atoms with E-state index in [0.717, 1.165) is 22.9 Å². The molecule has 2 aromatic carbocycles. The molecule has 3 rings (SSSR count). The second-order valence-corrected chi connectivity index (χ2v) is 6.53. The molecule has 1 unspecified atom stereocenters. The first-order valence-corrected chi connectivity index (χ1v) is 7.58. The molecule has 0 heterocycles. The predicted molar refractivity (Wildman–Crippen MR) is 81.2 cm³/mol. The van der Waals surface area contributed by atoms with Crippen LogP contribution in [0.5, 0.6) is 0 Å². The van der Waals surface area contributed by atoms with Gasteiger partial charge in [-0.3, -0.25) is 0 Å². The summed E-state index contributed by atoms with van der Waals surface area (Å²) in [5.41, 5.74) is 2.78. The summed E-state index contributed by atoms with van der Waals surface area (Å²) >= 11 is 3.48. The third-order valence-electron chi connectivity index (χ3n) is 3.99. The van der Waals surface area contributed by atoms with Gasteiger partial charge in [0.25, 0.3) is 0 Å². The van der Waals surface area contributed by atoms with E-state index in [9.17, 15) is 9.50 Å². The van der Waals surface area contributed by atoms with Crippen molar-refractivity contribution in [3.05, 3.63) is 69.4 Å². The Morgan fingerprint density at radius 3 is 2.60 bits per heavy atom. The van der Waals surface area contributed by atoms with E-state index < -0.39 is 5.60 Å². The first kappa shape index (κ1) is 13.8. The standard InChI is InChI=1S/C17H16BrFO/c18-15-4-3-14-11-17(20,8-7-13(14)9-15)10-12-1-5-16(19)6-2-12/h1-6,9,20H,7-8,10-11H2. The molecule has 0 radical (unpaired) electrons. The van der Waals surface area contributed by atoms with Crippen molar-refractivity contribution in [2.24, 2.45) is 0 Å². The molecule has 104 valence electrons. The molecule has 1 atom stereocenters. The fourth-order valence-corrected chi connectivity index (χ4v) is 3.35. The third kappa shape index (κ3) is 2.94. The van der Waals surface area contributed by atoms with Crippen molar-refractivity contribution in [2.75, 3.05) is 0 Å². The lowest BCUT2D eigenvalue weighted by Gasteiger charge is -2.34. The Morgan fingerprint density at radius 2 is 1.85 bits per heavy atom. The quantitative estimate of drug-likeness (QED) is 0.878. The largest absolute Gasteiger partial charge is 0.389 e. The highest BCUT2D eigenvalue weighted by molar-refractivity contribution is 9.10. The number of hydrogen-bond donors (Lipinski definition) is 1. The van der Waals surface area contributed by atoms with Crippen LogP contribution in [0.4, 0.5) is 4.39 Å². The van der Waals surface area contributed by atoms with Crippen LogP contribution in [0.25, 0.3) is 0 Å². The molecule has 0 amide bonds. The summed E-state index contributed by atoms with van der Waals surface area (Å²) in [5, 5.41) is 10.8. The van der Waals surface area contributed by atoms with Crippen LogP contribution < -0.4 is 0 Å². The van der Waals surface area contributed by atoms with Crippen LogP contribution in [0, 0.1) is 5.82 Å². The number of hydrogen-bond acceptors (Lipinski definition) is 1. The summed E-state index contributed by atoms with van der Waals surface area (Å²) in [6.07, 6.45) is 2.86. The van der Waals surface area contributed by atoms with Gasteiger partial charge in [-0.2, -0.15) is 0 Å². The highest BCUT2D eigenvalue weighted by atomic mass is 79.9. The second-order valence-electron chi connectivity index (χ2n) is 5.62. The average Bonchev–Trinajstić information content (AvgIpc) is 2.42. The van der Waals surface area contributed by atoms with Crippen molar-refractivity contribution in [1.82, 2.24) is 0 Å². The first-order valence-electron chi connectivity index (χ1n) is 6.78. The Bertz CT molecular complexity index is 623. The Hall–Kier alpha value is -1.19. The Morgan fingerprint density at radius 1 is 1.10 bits per heavy atom. The lowest BCUT2D eigenvalue weighted by atomic mass is 9.77. The summed E-state index contributed by atoms with van der Waals surface area (Å²) in [6, 6.07) is 12.6. The van der Waals surface area contributed by atoms with Gasteiger partial charge < -0.3 is 5.11 Å². The zero-order valence-corrected chi connectivity index (χ0v) is 12.7. The highest BCUT2D eigenvalue weighted by Gasteiger charge is 2.32. The smallest absolute Gasteiger partial charge is 0.123 e. The molecular formula is C17H16BrFO. The van der Waals surface area contributed by atoms with E-state index in [1.807, 2.05) is 6.07 Å². The van der Waals surface area contributed by atoms with E-state index in [0.29, 0.717) is 12.8 Å². The molecule has 1 aliphatic carbocycles. The van der Waals surface area contributed by atoms with Gasteiger partial charge in [-0.15, -0.1) is 0 Å². The molecule has 1 nitrogen and oxygen atoms in total. The van der Waals surface area contributed by atoms with Crippen molar-refractivity contribution in [3.8, 4) is 0 Å². The maximum Gasteiger partial charge on any atom is 0.123 e. The minimum atomic E-state index is -0.724. The van der Waals surface area contributed by atoms with E-state index in [1.54, 1.807) is 12.1 Å². The van der Waals surface area contributed by atoms with Gasteiger partial charge in [-0.05, 0) is 53.8 Å². The van der Waals surface area contributed by atoms with Gasteiger partial charge in [0, 0.05) is 17.3 Å². The number of halogens is 2. The van der Waals surface area contributed by atoms with Crippen LogP contribution in [0.15, 0.2) is 46.9 Å². The van der Waals surface area contributed by atoms with Crippen LogP contribution in [0.1, 0.15) is 23.1 Å². The van der Waals surface area contributed by atoms with Crippen LogP contribution in [-0.2, 0) is 19.3 Å². The van der Waals surface area contributed by atoms with E-state index in [2.05, 4.69) is 28.1 Å². The summed E-state index contributed by atoms with van der Waals surface area (Å²) in [6.45, 7) is 0. The third-order valence-corrected chi connectivity index (χ3v) is 4.49. The van der Waals surface area contributed by atoms with E-state index in [-0.39, 0.29) is 5.82 Å². The van der Waals surface area contributed by atoms with Gasteiger partial charge in [-0.1, -0.05) is 34.1 Å². The van der Waals surface area contributed by atoms with Gasteiger partial charge in [-0.25, -0.2) is 4.39 Å². The molecule has 3 heteroatoms. The lowest BCUT2D eigenvalue weighted by molar-refractivity contribution is 0.0267. The van der Waals surface area contributed by atoms with Crippen molar-refractivity contribution >= 4 is 15.9 Å². The normalized spacial score (nSPS) is 21.6. The maximum atomic E-state index is 12.9. The Balaban J connectivity index is 1.80. The van der Waals surface area contributed by atoms with Crippen molar-refractivity contribution in [3.63, 3.8) is 0 Å². The molecule has 1 N–H and O–H groups in total. The predicted octanol–water partition coefficient (Wildman–Crippen LogP) is 4.05. The lowest BCUT2D eigenvalue weighted by Crippen LogP contribution is -2.38. The van der Waals surface area contributed by atoms with Crippen molar-refractivity contribution in [2.45, 2.75) is 31.3 Å². The summed E-state index contributed by atoms with van der Waals surface area (Å²) in [5.74, 6) is -0.237. The van der Waals surface area contributed by atoms with E-state index in [1.165, 1.54) is 23.3 Å². The number of aryl methyl sites for hydroxylation is 1. The van der Waals surface area contributed by atoms with Gasteiger partial charge in [0.05, 0.1) is 5.60 Å². The molecule has 20 heavy (non-hydrogen) atoms. The number of fused-ring (bicyclic) bond motifs is 1. The van der Waals surface area contributed by atoms with Gasteiger partial charge in [0.15, 0.2) is 0 Å². The number of aliphatic hydroxyl groups is 1. The summed E-state index contributed by atoms with van der Waals surface area (Å²) < 4.78 is 14.0. The molecule has 2 aromatic rings. The Kier molecular flexibility index (Phi) is 3.65. The Labute approximate surface area is 126 Å². The van der Waals surface area contributed by atoms with E-state index in [4.69, 9.17) is 0 Å². The van der Waals surface area contributed by atoms with Crippen LogP contribution in [0.3, 0.4) is 0 Å². The minimum Gasteiger partial charge on any atom is -0.389 e. The fraction of sp³-hybridized carbons (Fsp3) is 0.294. The molecule has 0 spiro atoms. The van der Waals surface area contributed by atoms with Gasteiger partial charge in [0.2, 0.25) is 0 Å². The average molecular weight is 335 g/mol. The fourth-order valence-electron chi connectivity index (χ4n) is 2.94. The van der Waals surface area contributed by atoms with Crippen LogP contribution in [0.2, 0.25) is 0 Å². The minimum absolute atomic E-state index is 0.237. The maximum absolute atomic E-state index is 12.9. The molecule has 1 aliphatic rings. The summed E-state index contributed by atoms with van der Waals surface area (Å²) in [4.78, 5) is 0. The molecule has 0 aromatic heterocycles. The molecular weight excluding hydrogens is 319 g/mol. The molecule has 0 saturated carbocycles. The number of rotatable bonds is 2. The molecule has 0 bridgehead atoms. The zero-order valence-electron chi connectivity index (χ0n) is 11.1. The first-order chi connectivity index (χ1) is 9.54. The van der Waals surface area contributed by atoms with Crippen LogP contribution in [-0.4, -0.2) is 10.7 Å². The topological polar surface area (TPSA) is 20.2 Å². The van der Waals surface area contributed by atoms with E-state index >= 15 is 0 Å². The molecule has 0 aliphatic heterocycles. The summed E-state index contributed by atoms with van der Waals surface area (Å²) in [7, 11) is 0. The SMILES string of the molecule is OC1(Cc2ccc(F)cc2)CCc2cc(Br)ccc2C1. The number of benzene rings is 2. The highest BCUT2D eigenvalue weighted by Crippen LogP contribution is 2.32. The monoisotopic (exact) mass is 334 g/mol. The van der Waals surface area contributed by atoms with Gasteiger partial charge >= 0.3 is 0 Å².